The Morgan fingerprint density at radius 2 is 2.00 bits per heavy atom. The lowest BCUT2D eigenvalue weighted by Crippen LogP contribution is -2.37. The summed E-state index contributed by atoms with van der Waals surface area (Å²) in [5, 5.41) is 0. The Morgan fingerprint density at radius 1 is 1.30 bits per heavy atom. The second-order valence-corrected chi connectivity index (χ2v) is 6.91. The highest BCUT2D eigenvalue weighted by Crippen LogP contribution is 2.24. The van der Waals surface area contributed by atoms with Crippen LogP contribution in [0, 0.1) is 11.8 Å². The molecule has 0 saturated carbocycles. The van der Waals surface area contributed by atoms with Crippen molar-refractivity contribution in [3.05, 3.63) is 29.3 Å². The number of rotatable bonds is 6. The van der Waals surface area contributed by atoms with Crippen molar-refractivity contribution in [2.45, 2.75) is 40.2 Å². The van der Waals surface area contributed by atoms with E-state index < -0.39 is 0 Å². The lowest BCUT2D eigenvalue weighted by atomic mass is 9.98. The van der Waals surface area contributed by atoms with E-state index in [1.807, 2.05) is 23.1 Å². The van der Waals surface area contributed by atoms with E-state index in [1.54, 1.807) is 7.11 Å². The number of hydrogen-bond acceptors (Lipinski definition) is 3. The van der Waals surface area contributed by atoms with Gasteiger partial charge in [-0.2, -0.15) is 0 Å². The topological polar surface area (TPSA) is 38.8 Å². The van der Waals surface area contributed by atoms with E-state index in [-0.39, 0.29) is 5.91 Å². The Hall–Kier alpha value is -1.55. The Labute approximate surface area is 139 Å². The molecular weight excluding hydrogens is 290 g/mol. The van der Waals surface area contributed by atoms with Gasteiger partial charge in [-0.1, -0.05) is 20.8 Å². The molecule has 1 fully saturated rings. The molecule has 0 bridgehead atoms. The van der Waals surface area contributed by atoms with Gasteiger partial charge in [-0.25, -0.2) is 0 Å². The molecule has 0 aromatic heterocycles. The molecular formula is C19H29NO3. The molecule has 4 nitrogen and oxygen atoms in total. The van der Waals surface area contributed by atoms with Gasteiger partial charge in [0, 0.05) is 30.8 Å². The van der Waals surface area contributed by atoms with E-state index >= 15 is 0 Å². The van der Waals surface area contributed by atoms with Crippen LogP contribution < -0.4 is 4.74 Å². The molecule has 1 amide bonds. The number of piperidine rings is 1. The fourth-order valence-electron chi connectivity index (χ4n) is 2.82. The van der Waals surface area contributed by atoms with E-state index in [0.717, 1.165) is 48.7 Å². The summed E-state index contributed by atoms with van der Waals surface area (Å²) in [5.41, 5.74) is 1.66. The van der Waals surface area contributed by atoms with Crippen molar-refractivity contribution in [1.82, 2.24) is 4.90 Å². The third-order valence-corrected chi connectivity index (χ3v) is 4.31. The lowest BCUT2D eigenvalue weighted by Gasteiger charge is -2.30. The van der Waals surface area contributed by atoms with Gasteiger partial charge in [-0.15, -0.1) is 0 Å². The highest BCUT2D eigenvalue weighted by Gasteiger charge is 2.22. The van der Waals surface area contributed by atoms with Crippen molar-refractivity contribution in [2.75, 3.05) is 26.8 Å². The molecule has 1 aromatic rings. The summed E-state index contributed by atoms with van der Waals surface area (Å²) < 4.78 is 11.1. The maximum Gasteiger partial charge on any atom is 0.253 e. The van der Waals surface area contributed by atoms with Crippen LogP contribution in [0.4, 0.5) is 0 Å². The molecule has 1 aromatic carbocycles. The summed E-state index contributed by atoms with van der Waals surface area (Å²) in [5.74, 6) is 2.10. The molecule has 128 valence electrons. The zero-order valence-electron chi connectivity index (χ0n) is 14.8. The monoisotopic (exact) mass is 319 g/mol. The van der Waals surface area contributed by atoms with Gasteiger partial charge in [-0.3, -0.25) is 4.79 Å². The average Bonchev–Trinajstić information content (AvgIpc) is 2.54. The molecule has 1 aliphatic rings. The number of methoxy groups -OCH3 is 1. The van der Waals surface area contributed by atoms with Gasteiger partial charge < -0.3 is 14.4 Å². The highest BCUT2D eigenvalue weighted by atomic mass is 16.5. The van der Waals surface area contributed by atoms with Crippen molar-refractivity contribution in [3.8, 4) is 5.75 Å². The van der Waals surface area contributed by atoms with E-state index in [2.05, 4.69) is 20.8 Å². The molecule has 0 aliphatic carbocycles. The fraction of sp³-hybridized carbons (Fsp3) is 0.632. The van der Waals surface area contributed by atoms with Gasteiger partial charge in [-0.05, 0) is 42.9 Å². The molecule has 0 unspecified atom stereocenters. The number of hydrogen-bond donors (Lipinski definition) is 0. The van der Waals surface area contributed by atoms with Crippen molar-refractivity contribution < 1.29 is 14.3 Å². The van der Waals surface area contributed by atoms with Crippen molar-refractivity contribution in [1.29, 1.82) is 0 Å². The molecule has 0 spiro atoms. The zero-order chi connectivity index (χ0) is 16.8. The third-order valence-electron chi connectivity index (χ3n) is 4.31. The minimum atomic E-state index is 0.115. The first kappa shape index (κ1) is 17.8. The summed E-state index contributed by atoms with van der Waals surface area (Å²) in [6.07, 6.45) is 2.18. The fourth-order valence-corrected chi connectivity index (χ4v) is 2.82. The number of nitrogens with zero attached hydrogens (tertiary/aromatic N) is 1. The van der Waals surface area contributed by atoms with Crippen LogP contribution in [0.5, 0.6) is 5.75 Å². The number of carbonyl (C=O) groups excluding carboxylic acids is 1. The second-order valence-electron chi connectivity index (χ2n) is 6.91. The van der Waals surface area contributed by atoms with E-state index in [1.165, 1.54) is 0 Å². The first-order valence-electron chi connectivity index (χ1n) is 8.55. The summed E-state index contributed by atoms with van der Waals surface area (Å²) in [7, 11) is 1.65. The van der Waals surface area contributed by atoms with Crippen LogP contribution in [0.1, 0.15) is 49.5 Å². The largest absolute Gasteiger partial charge is 0.496 e. The maximum absolute atomic E-state index is 12.7. The standard InChI is InChI=1S/C19H29NO3/c1-14(2)12-23-13-17-11-16(5-6-18(17)22-4)19(21)20-9-7-15(3)8-10-20/h5-6,11,14-15H,7-10,12-13H2,1-4H3. The Morgan fingerprint density at radius 3 is 2.61 bits per heavy atom. The van der Waals surface area contributed by atoms with Crippen LogP contribution in [0.3, 0.4) is 0 Å². The van der Waals surface area contributed by atoms with Crippen molar-refractivity contribution >= 4 is 5.91 Å². The third kappa shape index (κ3) is 4.96. The normalized spacial score (nSPS) is 16.0. The van der Waals surface area contributed by atoms with Crippen LogP contribution in [0.15, 0.2) is 18.2 Å². The van der Waals surface area contributed by atoms with Gasteiger partial charge in [0.25, 0.3) is 5.91 Å². The number of ether oxygens (including phenoxy) is 2. The molecule has 2 rings (SSSR count). The average molecular weight is 319 g/mol. The van der Waals surface area contributed by atoms with Gasteiger partial charge in [0.15, 0.2) is 0 Å². The van der Waals surface area contributed by atoms with Gasteiger partial charge in [0.1, 0.15) is 5.75 Å². The van der Waals surface area contributed by atoms with Gasteiger partial charge in [0.05, 0.1) is 13.7 Å². The predicted octanol–water partition coefficient (Wildman–Crippen LogP) is 3.74. The quantitative estimate of drug-likeness (QED) is 0.802. The van der Waals surface area contributed by atoms with Crippen LogP contribution in [-0.2, 0) is 11.3 Å². The molecule has 1 saturated heterocycles. The molecule has 23 heavy (non-hydrogen) atoms. The summed E-state index contributed by atoms with van der Waals surface area (Å²) in [4.78, 5) is 14.6. The molecule has 0 radical (unpaired) electrons. The number of carbonyl (C=O) groups is 1. The SMILES string of the molecule is COc1ccc(C(=O)N2CCC(C)CC2)cc1COCC(C)C. The number of likely N-dealkylation sites (tertiary alicyclic amines) is 1. The zero-order valence-corrected chi connectivity index (χ0v) is 14.8. The van der Waals surface area contributed by atoms with Crippen LogP contribution in [0.2, 0.25) is 0 Å². The minimum absolute atomic E-state index is 0.115. The van der Waals surface area contributed by atoms with Crippen LogP contribution in [0.25, 0.3) is 0 Å². The Balaban J connectivity index is 2.08. The number of amides is 1. The lowest BCUT2D eigenvalue weighted by molar-refractivity contribution is 0.0696. The highest BCUT2D eigenvalue weighted by molar-refractivity contribution is 5.94. The minimum Gasteiger partial charge on any atom is -0.496 e. The number of benzene rings is 1. The van der Waals surface area contributed by atoms with Crippen LogP contribution in [-0.4, -0.2) is 37.6 Å². The van der Waals surface area contributed by atoms with Gasteiger partial charge in [0.2, 0.25) is 0 Å². The van der Waals surface area contributed by atoms with Gasteiger partial charge >= 0.3 is 0 Å². The molecule has 0 atom stereocenters. The van der Waals surface area contributed by atoms with Crippen molar-refractivity contribution in [2.24, 2.45) is 11.8 Å². The molecule has 0 N–H and O–H groups in total. The summed E-state index contributed by atoms with van der Waals surface area (Å²) >= 11 is 0. The summed E-state index contributed by atoms with van der Waals surface area (Å²) in [6.45, 7) is 9.36. The predicted molar refractivity (Wildman–Crippen MR) is 91.8 cm³/mol. The first-order valence-corrected chi connectivity index (χ1v) is 8.55. The molecule has 4 heteroatoms. The molecule has 1 aliphatic heterocycles. The van der Waals surface area contributed by atoms with E-state index in [0.29, 0.717) is 19.1 Å². The molecule has 1 heterocycles. The van der Waals surface area contributed by atoms with Crippen LogP contribution >= 0.6 is 0 Å². The Kier molecular flexibility index (Phi) is 6.46. The first-order chi connectivity index (χ1) is 11.0. The second kappa shape index (κ2) is 8.34. The smallest absolute Gasteiger partial charge is 0.253 e. The Bertz CT molecular complexity index is 519. The maximum atomic E-state index is 12.7. The van der Waals surface area contributed by atoms with E-state index in [9.17, 15) is 4.79 Å². The van der Waals surface area contributed by atoms with E-state index in [4.69, 9.17) is 9.47 Å². The summed E-state index contributed by atoms with van der Waals surface area (Å²) in [6, 6.07) is 5.64. The van der Waals surface area contributed by atoms with Crippen molar-refractivity contribution in [3.63, 3.8) is 0 Å².